The predicted molar refractivity (Wildman–Crippen MR) is 259 cm³/mol. The number of benzene rings is 6. The second-order valence-corrected chi connectivity index (χ2v) is 17.7. The summed E-state index contributed by atoms with van der Waals surface area (Å²) >= 11 is 0. The van der Waals surface area contributed by atoms with Gasteiger partial charge in [0.2, 0.25) is 0 Å². The van der Waals surface area contributed by atoms with Crippen LogP contribution in [-0.2, 0) is 38.5 Å². The number of hydrogen-bond donors (Lipinski definition) is 12. The van der Waals surface area contributed by atoms with Crippen molar-refractivity contribution in [2.45, 2.75) is 38.5 Å². The first-order valence-corrected chi connectivity index (χ1v) is 22.3. The highest BCUT2D eigenvalue weighted by Gasteiger charge is 2.30. The summed E-state index contributed by atoms with van der Waals surface area (Å²) in [6.07, 6.45) is -4.96. The highest BCUT2D eigenvalue weighted by Crippen LogP contribution is 2.34. The van der Waals surface area contributed by atoms with Gasteiger partial charge in [0.05, 0.1) is 66.8 Å². The Balaban J connectivity index is 1.58. The summed E-state index contributed by atoms with van der Waals surface area (Å²) < 4.78 is 0. The Kier molecular flexibility index (Phi) is 14.8. The van der Waals surface area contributed by atoms with Crippen molar-refractivity contribution >= 4 is 71.6 Å². The van der Waals surface area contributed by atoms with Crippen LogP contribution in [-0.4, -0.2) is 133 Å². The van der Waals surface area contributed by atoms with Crippen LogP contribution in [0.4, 0.5) is 0 Å². The standard InChI is InChI=1S/C54H36O24/c55-43(56)31-9-21-2-23-11-37(49(67)68)25(13-35(23)47(63)64)4-27-15-41(53(75)76)29(17-39(27)51(71)72)6-30-18-40(52(73)74)28(16-42(30)54(77)78)5-26-14-36(48(65)66)24(12-38(26)50(69)70)3-22-10-32(44(57)58)20(8-34(22)46(61)62)1-19(31)7-33(21)45(59)60/h7-18H,1-6H2,(H,55,56)(H,57,58)(H,59,60)(H,61,62)(H,63,64)(H,65,66)(H,67,68)(H,69,70)(H,71,72)(H,73,74)(H,75,76)(H,77,78). The Hall–Kier alpha value is -11.0. The molecule has 6 aromatic rings. The van der Waals surface area contributed by atoms with Gasteiger partial charge in [0.1, 0.15) is 0 Å². The van der Waals surface area contributed by atoms with Gasteiger partial charge in [-0.25, -0.2) is 57.5 Å². The van der Waals surface area contributed by atoms with E-state index in [1.165, 1.54) is 0 Å². The van der Waals surface area contributed by atoms with Crippen molar-refractivity contribution in [1.82, 2.24) is 0 Å². The normalized spacial score (nSPS) is 12.0. The molecule has 12 bridgehead atoms. The minimum Gasteiger partial charge on any atom is -0.478 e. The Labute approximate surface area is 434 Å². The van der Waals surface area contributed by atoms with E-state index in [1.807, 2.05) is 0 Å². The van der Waals surface area contributed by atoms with Gasteiger partial charge in [-0.15, -0.1) is 0 Å². The zero-order chi connectivity index (χ0) is 57.5. The molecule has 0 aliphatic heterocycles. The van der Waals surface area contributed by atoms with Crippen molar-refractivity contribution in [3.05, 3.63) is 206 Å². The molecule has 0 radical (unpaired) electrons. The molecule has 0 unspecified atom stereocenters. The molecule has 0 amide bonds. The Morgan fingerprint density at radius 1 is 0.167 bits per heavy atom. The first-order valence-electron chi connectivity index (χ1n) is 22.3. The lowest BCUT2D eigenvalue weighted by Crippen LogP contribution is -2.17. The maximum atomic E-state index is 12.9. The van der Waals surface area contributed by atoms with Crippen LogP contribution in [0.3, 0.4) is 0 Å². The Morgan fingerprint density at radius 2 is 0.231 bits per heavy atom. The quantitative estimate of drug-likeness (QED) is 0.0675. The maximum Gasteiger partial charge on any atom is 0.335 e. The van der Waals surface area contributed by atoms with E-state index in [-0.39, 0.29) is 0 Å². The Morgan fingerprint density at radius 3 is 0.282 bits per heavy atom. The van der Waals surface area contributed by atoms with Crippen LogP contribution in [0.1, 0.15) is 191 Å². The zero-order valence-corrected chi connectivity index (χ0v) is 39.4. The second-order valence-electron chi connectivity index (χ2n) is 17.7. The van der Waals surface area contributed by atoms with Crippen LogP contribution in [0, 0.1) is 0 Å². The van der Waals surface area contributed by atoms with E-state index in [4.69, 9.17) is 0 Å². The highest BCUT2D eigenvalue weighted by molar-refractivity contribution is 6.01. The van der Waals surface area contributed by atoms with E-state index in [9.17, 15) is 119 Å². The van der Waals surface area contributed by atoms with Gasteiger partial charge in [0, 0.05) is 0 Å². The third-order valence-corrected chi connectivity index (χ3v) is 13.0. The summed E-state index contributed by atoms with van der Waals surface area (Å²) in [6.45, 7) is 0. The number of rotatable bonds is 12. The molecule has 24 heteroatoms. The number of hydrogen-bond acceptors (Lipinski definition) is 12. The Bertz CT molecular complexity index is 2910. The number of carbonyl (C=O) groups is 12. The molecule has 16 aliphatic rings. The summed E-state index contributed by atoms with van der Waals surface area (Å²) in [5.74, 6) is -21.2. The van der Waals surface area contributed by atoms with Crippen LogP contribution in [0.5, 0.6) is 0 Å². The molecular weight excluding hydrogens is 1030 g/mol. The minimum absolute atomic E-state index is 0.443. The third-order valence-electron chi connectivity index (χ3n) is 13.0. The van der Waals surface area contributed by atoms with E-state index < -0.39 is 244 Å². The van der Waals surface area contributed by atoms with Crippen LogP contribution >= 0.6 is 0 Å². The molecule has 0 saturated heterocycles. The monoisotopic (exact) mass is 1070 g/mol. The van der Waals surface area contributed by atoms with Gasteiger partial charge in [0.25, 0.3) is 0 Å². The summed E-state index contributed by atoms with van der Waals surface area (Å²) in [6, 6.07) is 9.43. The first-order chi connectivity index (χ1) is 36.6. The molecule has 78 heavy (non-hydrogen) atoms. The molecule has 0 fully saturated rings. The second kappa shape index (κ2) is 21.1. The zero-order valence-electron chi connectivity index (χ0n) is 39.4. The van der Waals surface area contributed by atoms with Gasteiger partial charge >= 0.3 is 71.6 Å². The van der Waals surface area contributed by atoms with Gasteiger partial charge in [-0.1, -0.05) is 0 Å². The van der Waals surface area contributed by atoms with Crippen LogP contribution in [0.15, 0.2) is 72.8 Å². The summed E-state index contributed by atoms with van der Waals surface area (Å²) in [7, 11) is 0. The first kappa shape index (κ1) is 54.7. The molecular formula is C54H36O24. The summed E-state index contributed by atoms with van der Waals surface area (Å²) in [5.41, 5.74) is -14.0. The molecule has 6 aromatic carbocycles. The van der Waals surface area contributed by atoms with E-state index in [0.717, 1.165) is 72.8 Å². The minimum atomic E-state index is -1.76. The van der Waals surface area contributed by atoms with Crippen LogP contribution < -0.4 is 0 Å². The molecule has 0 saturated carbocycles. The van der Waals surface area contributed by atoms with Gasteiger partial charge < -0.3 is 61.3 Å². The lowest BCUT2D eigenvalue weighted by molar-refractivity contribution is 0.0676. The number of aromatic carboxylic acids is 12. The fraction of sp³-hybridized carbons (Fsp3) is 0.111. The van der Waals surface area contributed by atoms with E-state index in [1.54, 1.807) is 0 Å². The van der Waals surface area contributed by atoms with Crippen molar-refractivity contribution in [3.63, 3.8) is 0 Å². The van der Waals surface area contributed by atoms with Gasteiger partial charge in [0.15, 0.2) is 0 Å². The molecule has 22 rings (SSSR count). The molecule has 12 N–H and O–H groups in total. The van der Waals surface area contributed by atoms with E-state index in [0.29, 0.717) is 0 Å². The van der Waals surface area contributed by atoms with Crippen molar-refractivity contribution in [2.75, 3.05) is 0 Å². The average Bonchev–Trinajstić information content (AvgIpc) is 3.41. The van der Waals surface area contributed by atoms with Crippen molar-refractivity contribution in [1.29, 1.82) is 0 Å². The molecule has 24 nitrogen and oxygen atoms in total. The average molecular weight is 1070 g/mol. The molecule has 0 heterocycles. The smallest absolute Gasteiger partial charge is 0.335 e. The van der Waals surface area contributed by atoms with Gasteiger partial charge in [-0.3, -0.25) is 0 Å². The molecule has 16 aliphatic carbocycles. The van der Waals surface area contributed by atoms with Crippen molar-refractivity contribution < 1.29 is 119 Å². The largest absolute Gasteiger partial charge is 0.478 e. The topological polar surface area (TPSA) is 448 Å². The highest BCUT2D eigenvalue weighted by atomic mass is 16.4. The molecule has 396 valence electrons. The van der Waals surface area contributed by atoms with Crippen molar-refractivity contribution in [2.24, 2.45) is 0 Å². The van der Waals surface area contributed by atoms with Gasteiger partial charge in [-0.05, 0) is 178 Å². The van der Waals surface area contributed by atoms with Gasteiger partial charge in [-0.2, -0.15) is 0 Å². The molecule has 0 aromatic heterocycles. The van der Waals surface area contributed by atoms with Crippen LogP contribution in [0.2, 0.25) is 0 Å². The van der Waals surface area contributed by atoms with E-state index >= 15 is 0 Å². The van der Waals surface area contributed by atoms with Crippen molar-refractivity contribution in [3.8, 4) is 0 Å². The number of carboxylic acid groups (broad SMARTS) is 12. The molecule has 0 spiro atoms. The third kappa shape index (κ3) is 10.8. The lowest BCUT2D eigenvalue weighted by atomic mass is 9.84. The maximum absolute atomic E-state index is 12.9. The number of carboxylic acids is 12. The fourth-order valence-corrected chi connectivity index (χ4v) is 9.51. The summed E-state index contributed by atoms with van der Waals surface area (Å²) in [4.78, 5) is 155. The fourth-order valence-electron chi connectivity index (χ4n) is 9.51. The van der Waals surface area contributed by atoms with E-state index in [2.05, 4.69) is 0 Å². The predicted octanol–water partition coefficient (Wildman–Crippen LogP) is 5.92. The van der Waals surface area contributed by atoms with Crippen LogP contribution in [0.25, 0.3) is 0 Å². The molecule has 0 atom stereocenters. The summed E-state index contributed by atoms with van der Waals surface area (Å²) in [5, 5.41) is 125. The SMILES string of the molecule is O=C(O)c1cc2c(C(=O)O)cc1Cc1cc(C(=O)O)c(cc1C(=O)O)Cc1cc(C(=O)O)c(cc1C(=O)O)Cc1cc(C(=O)O)c(cc1C(=O)O)Cc1cc(C(=O)O)c(cc1C(=O)O)Cc1cc(C(=O)O)c(cc1C(=O)O)C2. The lowest BCUT2D eigenvalue weighted by Gasteiger charge is -2.19.